The zero-order chi connectivity index (χ0) is 18.1. The number of methoxy groups -OCH3 is 2. The Morgan fingerprint density at radius 2 is 1.80 bits per heavy atom. The molecule has 0 bridgehead atoms. The summed E-state index contributed by atoms with van der Waals surface area (Å²) in [6, 6.07) is 10.0. The number of H-pyrrole nitrogens is 1. The second-order valence-corrected chi connectivity index (χ2v) is 6.67. The molecule has 0 saturated carbocycles. The van der Waals surface area contributed by atoms with Crippen molar-refractivity contribution in [2.45, 2.75) is 12.2 Å². The van der Waals surface area contributed by atoms with Crippen molar-refractivity contribution in [1.82, 2.24) is 9.97 Å². The molecule has 6 heteroatoms. The number of anilines is 1. The van der Waals surface area contributed by atoms with E-state index in [1.807, 2.05) is 26.2 Å². The Morgan fingerprint density at radius 3 is 2.44 bits per heavy atom. The number of imidazole rings is 1. The van der Waals surface area contributed by atoms with Crippen LogP contribution in [-0.4, -0.2) is 38.3 Å². The number of aromatic nitrogens is 2. The third-order valence-corrected chi connectivity index (χ3v) is 4.82. The fraction of sp³-hybridized carbons (Fsp3) is 0.316. The van der Waals surface area contributed by atoms with Gasteiger partial charge >= 0.3 is 0 Å². The Bertz CT molecular complexity index is 864. The average Bonchev–Trinajstić information content (AvgIpc) is 3.02. The lowest BCUT2D eigenvalue weighted by molar-refractivity contribution is 0.356. The molecule has 1 heterocycles. The summed E-state index contributed by atoms with van der Waals surface area (Å²) >= 11 is 4.87. The van der Waals surface area contributed by atoms with Crippen molar-refractivity contribution in [2.24, 2.45) is 0 Å². The predicted octanol–water partition coefficient (Wildman–Crippen LogP) is 3.97. The Balaban J connectivity index is 2.11. The number of nitrogens with one attached hydrogen (secondary N) is 1. The Hall–Kier alpha value is -2.34. The molecule has 0 aliphatic heterocycles. The average molecular weight is 357 g/mol. The fourth-order valence-corrected chi connectivity index (χ4v) is 3.49. The van der Waals surface area contributed by atoms with Crippen molar-refractivity contribution in [1.29, 1.82) is 0 Å². The number of hydrogen-bond donors (Lipinski definition) is 2. The summed E-state index contributed by atoms with van der Waals surface area (Å²) in [7, 11) is 7.31. The lowest BCUT2D eigenvalue weighted by Crippen LogP contribution is -2.13. The van der Waals surface area contributed by atoms with Crippen molar-refractivity contribution in [3.63, 3.8) is 0 Å². The third kappa shape index (κ3) is 3.14. The van der Waals surface area contributed by atoms with E-state index in [0.29, 0.717) is 11.5 Å². The van der Waals surface area contributed by atoms with Crippen molar-refractivity contribution in [3.05, 3.63) is 47.3 Å². The van der Waals surface area contributed by atoms with Gasteiger partial charge < -0.3 is 19.4 Å². The molecular formula is C19H23N3O2S. The van der Waals surface area contributed by atoms with Crippen molar-refractivity contribution in [2.75, 3.05) is 33.2 Å². The zero-order valence-corrected chi connectivity index (χ0v) is 16.0. The van der Waals surface area contributed by atoms with Crippen LogP contribution in [-0.2, 0) is 0 Å². The minimum Gasteiger partial charge on any atom is -0.493 e. The molecule has 0 saturated heterocycles. The monoisotopic (exact) mass is 357 g/mol. The summed E-state index contributed by atoms with van der Waals surface area (Å²) in [5.41, 5.74) is 5.18. The summed E-state index contributed by atoms with van der Waals surface area (Å²) in [5.74, 6) is 2.13. The highest BCUT2D eigenvalue weighted by Gasteiger charge is 2.21. The van der Waals surface area contributed by atoms with Crippen LogP contribution in [0.3, 0.4) is 0 Å². The molecule has 1 unspecified atom stereocenters. The van der Waals surface area contributed by atoms with E-state index in [2.05, 4.69) is 35.0 Å². The Labute approximate surface area is 153 Å². The van der Waals surface area contributed by atoms with Crippen molar-refractivity contribution < 1.29 is 9.47 Å². The van der Waals surface area contributed by atoms with Crippen molar-refractivity contribution in [3.8, 4) is 11.5 Å². The zero-order valence-electron chi connectivity index (χ0n) is 15.1. The van der Waals surface area contributed by atoms with E-state index < -0.39 is 0 Å². The molecule has 0 aliphatic carbocycles. The van der Waals surface area contributed by atoms with Crippen LogP contribution in [0.2, 0.25) is 0 Å². The number of hydrogen-bond acceptors (Lipinski definition) is 5. The lowest BCUT2D eigenvalue weighted by Gasteiger charge is -2.22. The van der Waals surface area contributed by atoms with Crippen LogP contribution < -0.4 is 14.4 Å². The van der Waals surface area contributed by atoms with Gasteiger partial charge in [-0.25, -0.2) is 4.98 Å². The smallest absolute Gasteiger partial charge is 0.163 e. The van der Waals surface area contributed by atoms with E-state index in [-0.39, 0.29) is 5.25 Å². The summed E-state index contributed by atoms with van der Waals surface area (Å²) in [4.78, 5) is 10.2. The quantitative estimate of drug-likeness (QED) is 0.678. The van der Waals surface area contributed by atoms with Gasteiger partial charge in [0, 0.05) is 31.9 Å². The van der Waals surface area contributed by atoms with Crippen LogP contribution in [0.25, 0.3) is 11.0 Å². The van der Waals surface area contributed by atoms with Crippen LogP contribution >= 0.6 is 12.6 Å². The molecule has 5 nitrogen and oxygen atoms in total. The predicted molar refractivity (Wildman–Crippen MR) is 106 cm³/mol. The number of ether oxygens (including phenoxy) is 2. The van der Waals surface area contributed by atoms with E-state index in [4.69, 9.17) is 27.1 Å². The first kappa shape index (κ1) is 17.5. The van der Waals surface area contributed by atoms with Crippen LogP contribution in [0.4, 0.5) is 5.69 Å². The highest BCUT2D eigenvalue weighted by Crippen LogP contribution is 2.38. The van der Waals surface area contributed by atoms with Crippen LogP contribution in [0.1, 0.15) is 22.2 Å². The first-order valence-electron chi connectivity index (χ1n) is 8.02. The third-order valence-electron chi connectivity index (χ3n) is 4.32. The molecule has 1 aromatic heterocycles. The second kappa shape index (κ2) is 6.88. The van der Waals surface area contributed by atoms with Gasteiger partial charge in [0.1, 0.15) is 5.82 Å². The molecule has 0 spiro atoms. The number of thiol groups is 1. The molecule has 3 rings (SSSR count). The number of nitrogens with zero attached hydrogens (tertiary/aromatic N) is 2. The topological polar surface area (TPSA) is 50.4 Å². The van der Waals surface area contributed by atoms with Gasteiger partial charge in [-0.15, -0.1) is 0 Å². The molecule has 0 fully saturated rings. The minimum absolute atomic E-state index is 0.164. The molecule has 1 N–H and O–H groups in total. The molecular weight excluding hydrogens is 334 g/mol. The molecule has 3 aromatic rings. The number of benzene rings is 2. The maximum Gasteiger partial charge on any atom is 0.163 e. The minimum atomic E-state index is -0.164. The molecule has 2 aromatic carbocycles. The maximum atomic E-state index is 5.37. The highest BCUT2D eigenvalue weighted by molar-refractivity contribution is 7.80. The van der Waals surface area contributed by atoms with E-state index in [1.54, 1.807) is 14.2 Å². The largest absolute Gasteiger partial charge is 0.493 e. The molecule has 132 valence electrons. The SMILES string of the molecule is COc1cc2nc(C(S)c3c(C)cccc3N(C)C)[nH]c2cc1OC. The van der Waals surface area contributed by atoms with E-state index >= 15 is 0 Å². The van der Waals surface area contributed by atoms with Gasteiger partial charge in [0.15, 0.2) is 11.5 Å². The number of aryl methyl sites for hydroxylation is 1. The van der Waals surface area contributed by atoms with Crippen molar-refractivity contribution >= 4 is 29.3 Å². The van der Waals surface area contributed by atoms with Gasteiger partial charge in [0.25, 0.3) is 0 Å². The number of aromatic amines is 1. The molecule has 0 aliphatic rings. The van der Waals surface area contributed by atoms with Crippen LogP contribution in [0.5, 0.6) is 11.5 Å². The van der Waals surface area contributed by atoms with Gasteiger partial charge in [0.2, 0.25) is 0 Å². The molecule has 25 heavy (non-hydrogen) atoms. The second-order valence-electron chi connectivity index (χ2n) is 6.15. The van der Waals surface area contributed by atoms with Gasteiger partial charge in [-0.2, -0.15) is 12.6 Å². The van der Waals surface area contributed by atoms with E-state index in [0.717, 1.165) is 28.1 Å². The van der Waals surface area contributed by atoms with Gasteiger partial charge in [0.05, 0.1) is 30.5 Å². The van der Waals surface area contributed by atoms with Gasteiger partial charge in [-0.1, -0.05) is 12.1 Å². The summed E-state index contributed by atoms with van der Waals surface area (Å²) < 4.78 is 10.7. The first-order valence-corrected chi connectivity index (χ1v) is 8.54. The molecule has 1 atom stereocenters. The van der Waals surface area contributed by atoms with Crippen LogP contribution in [0.15, 0.2) is 30.3 Å². The first-order chi connectivity index (χ1) is 12.0. The summed E-state index contributed by atoms with van der Waals surface area (Å²) in [6.45, 7) is 2.10. The van der Waals surface area contributed by atoms with E-state index in [1.165, 1.54) is 5.56 Å². The fourth-order valence-electron chi connectivity index (χ4n) is 3.03. The Kier molecular flexibility index (Phi) is 4.81. The highest BCUT2D eigenvalue weighted by atomic mass is 32.1. The standard InChI is InChI=1S/C19H23N3O2S/c1-11-7-6-8-14(22(2)3)17(11)18(25)19-20-12-9-15(23-4)16(24-5)10-13(12)21-19/h6-10,18,25H,1-5H3,(H,20,21). The summed E-state index contributed by atoms with van der Waals surface area (Å²) in [5, 5.41) is -0.164. The normalized spacial score (nSPS) is 12.2. The Morgan fingerprint density at radius 1 is 1.12 bits per heavy atom. The number of fused-ring (bicyclic) bond motifs is 1. The van der Waals surface area contributed by atoms with E-state index in [9.17, 15) is 0 Å². The number of rotatable bonds is 5. The molecule has 0 radical (unpaired) electrons. The van der Waals surface area contributed by atoms with Crippen LogP contribution in [0, 0.1) is 6.92 Å². The summed E-state index contributed by atoms with van der Waals surface area (Å²) in [6.07, 6.45) is 0. The van der Waals surface area contributed by atoms with Gasteiger partial charge in [-0.05, 0) is 24.1 Å². The molecule has 0 amide bonds. The van der Waals surface area contributed by atoms with Gasteiger partial charge in [-0.3, -0.25) is 0 Å². The lowest BCUT2D eigenvalue weighted by atomic mass is 10.0. The maximum absolute atomic E-state index is 5.37.